The molecular formula is C17H24BrNO. The van der Waals surface area contributed by atoms with Crippen molar-refractivity contribution in [3.8, 4) is 0 Å². The quantitative estimate of drug-likeness (QED) is 0.858. The Morgan fingerprint density at radius 3 is 2.65 bits per heavy atom. The molecular weight excluding hydrogens is 314 g/mol. The molecule has 2 unspecified atom stereocenters. The summed E-state index contributed by atoms with van der Waals surface area (Å²) in [6.45, 7) is 1.47. The maximum Gasteiger partial charge on any atom is 0.0462 e. The third kappa shape index (κ3) is 3.10. The summed E-state index contributed by atoms with van der Waals surface area (Å²) in [5, 5.41) is 13.1. The van der Waals surface area contributed by atoms with Gasteiger partial charge in [-0.15, -0.1) is 0 Å². The Bertz CT molecular complexity index is 444. The van der Waals surface area contributed by atoms with Crippen LogP contribution in [-0.4, -0.2) is 24.3 Å². The highest BCUT2D eigenvalue weighted by atomic mass is 79.9. The first kappa shape index (κ1) is 14.6. The highest BCUT2D eigenvalue weighted by molar-refractivity contribution is 9.10. The van der Waals surface area contributed by atoms with Gasteiger partial charge in [-0.2, -0.15) is 0 Å². The van der Waals surface area contributed by atoms with Gasteiger partial charge in [-0.25, -0.2) is 0 Å². The van der Waals surface area contributed by atoms with Crippen molar-refractivity contribution in [1.82, 2.24) is 5.32 Å². The highest BCUT2D eigenvalue weighted by Crippen LogP contribution is 2.40. The predicted molar refractivity (Wildman–Crippen MR) is 85.8 cm³/mol. The van der Waals surface area contributed by atoms with Gasteiger partial charge in [0.25, 0.3) is 0 Å². The van der Waals surface area contributed by atoms with Crippen LogP contribution in [0.3, 0.4) is 0 Å². The highest BCUT2D eigenvalue weighted by Gasteiger charge is 2.33. The largest absolute Gasteiger partial charge is 0.396 e. The van der Waals surface area contributed by atoms with E-state index in [2.05, 4.69) is 45.5 Å². The lowest BCUT2D eigenvalue weighted by atomic mass is 9.75. The first-order valence-electron chi connectivity index (χ1n) is 7.86. The van der Waals surface area contributed by atoms with Gasteiger partial charge < -0.3 is 10.4 Å². The van der Waals surface area contributed by atoms with Crippen LogP contribution in [0.5, 0.6) is 0 Å². The third-order valence-electron chi connectivity index (χ3n) is 5.20. The van der Waals surface area contributed by atoms with Gasteiger partial charge in [0.2, 0.25) is 0 Å². The molecule has 0 aliphatic heterocycles. The second kappa shape index (κ2) is 6.59. The van der Waals surface area contributed by atoms with Crippen LogP contribution in [0.15, 0.2) is 28.7 Å². The van der Waals surface area contributed by atoms with Gasteiger partial charge in [-0.1, -0.05) is 40.5 Å². The zero-order valence-corrected chi connectivity index (χ0v) is 13.5. The topological polar surface area (TPSA) is 32.3 Å². The van der Waals surface area contributed by atoms with Gasteiger partial charge >= 0.3 is 0 Å². The molecule has 0 saturated heterocycles. The Balaban J connectivity index is 1.44. The Morgan fingerprint density at radius 1 is 1.15 bits per heavy atom. The lowest BCUT2D eigenvalue weighted by Crippen LogP contribution is -2.43. The summed E-state index contributed by atoms with van der Waals surface area (Å²) >= 11 is 3.65. The molecule has 0 bridgehead atoms. The Kier molecular flexibility index (Phi) is 4.79. The van der Waals surface area contributed by atoms with Crippen molar-refractivity contribution in [2.45, 2.75) is 44.1 Å². The van der Waals surface area contributed by atoms with Crippen LogP contribution in [0.2, 0.25) is 0 Å². The molecule has 2 N–H and O–H groups in total. The second-order valence-electron chi connectivity index (χ2n) is 6.43. The fourth-order valence-corrected chi connectivity index (χ4v) is 4.39. The molecule has 2 aliphatic rings. The summed E-state index contributed by atoms with van der Waals surface area (Å²) in [5.41, 5.74) is 1.46. The number of aliphatic hydroxyl groups excluding tert-OH is 1. The maximum absolute atomic E-state index is 9.36. The average Bonchev–Trinajstić information content (AvgIpc) is 2.86. The summed E-state index contributed by atoms with van der Waals surface area (Å²) in [6, 6.07) is 9.26. The Labute approximate surface area is 130 Å². The zero-order chi connectivity index (χ0) is 13.9. The fourth-order valence-electron chi connectivity index (χ4n) is 3.79. The first-order chi connectivity index (χ1) is 9.78. The number of benzene rings is 1. The zero-order valence-electron chi connectivity index (χ0n) is 11.9. The molecule has 1 aromatic rings. The number of nitrogens with one attached hydrogen (secondary N) is 1. The fraction of sp³-hybridized carbons (Fsp3) is 0.647. The van der Waals surface area contributed by atoms with E-state index in [9.17, 15) is 5.11 Å². The number of aliphatic hydroxyl groups is 1. The van der Waals surface area contributed by atoms with Crippen LogP contribution < -0.4 is 5.32 Å². The molecule has 3 heteroatoms. The number of rotatable bonds is 5. The molecule has 2 fully saturated rings. The van der Waals surface area contributed by atoms with Crippen LogP contribution >= 0.6 is 15.9 Å². The number of hydrogen-bond donors (Lipinski definition) is 2. The molecule has 0 spiro atoms. The van der Waals surface area contributed by atoms with Gasteiger partial charge in [-0.05, 0) is 61.6 Å². The van der Waals surface area contributed by atoms with Gasteiger partial charge in [0, 0.05) is 17.1 Å². The molecule has 2 atom stereocenters. The van der Waals surface area contributed by atoms with Crippen LogP contribution in [-0.2, 0) is 0 Å². The van der Waals surface area contributed by atoms with Gasteiger partial charge in [0.1, 0.15) is 0 Å². The Morgan fingerprint density at radius 2 is 1.90 bits per heavy atom. The van der Waals surface area contributed by atoms with E-state index in [4.69, 9.17) is 0 Å². The van der Waals surface area contributed by atoms with Crippen molar-refractivity contribution in [1.29, 1.82) is 0 Å². The molecule has 3 rings (SSSR count). The summed E-state index contributed by atoms with van der Waals surface area (Å²) in [4.78, 5) is 0. The van der Waals surface area contributed by atoms with E-state index >= 15 is 0 Å². The smallest absolute Gasteiger partial charge is 0.0462 e. The van der Waals surface area contributed by atoms with Crippen LogP contribution in [0.4, 0.5) is 0 Å². The van der Waals surface area contributed by atoms with Gasteiger partial charge in [0.15, 0.2) is 0 Å². The Hall–Kier alpha value is -0.380. The normalized spacial score (nSPS) is 33.1. The van der Waals surface area contributed by atoms with E-state index in [1.54, 1.807) is 0 Å². The lowest BCUT2D eigenvalue weighted by molar-refractivity contribution is 0.182. The third-order valence-corrected chi connectivity index (χ3v) is 5.93. The SMILES string of the molecule is OCC1CCCC1CNC1CC(c2ccccc2Br)C1. The first-order valence-corrected chi connectivity index (χ1v) is 8.66. The molecule has 0 radical (unpaired) electrons. The minimum Gasteiger partial charge on any atom is -0.396 e. The predicted octanol–water partition coefficient (Wildman–Crippen LogP) is 3.69. The lowest BCUT2D eigenvalue weighted by Gasteiger charge is -2.38. The summed E-state index contributed by atoms with van der Waals surface area (Å²) < 4.78 is 1.25. The molecule has 0 heterocycles. The van der Waals surface area contributed by atoms with Crippen LogP contribution in [0.1, 0.15) is 43.6 Å². The van der Waals surface area contributed by atoms with E-state index in [1.165, 1.54) is 42.1 Å². The van der Waals surface area contributed by atoms with Crippen LogP contribution in [0.25, 0.3) is 0 Å². The molecule has 1 aromatic carbocycles. The second-order valence-corrected chi connectivity index (χ2v) is 7.28. The summed E-state index contributed by atoms with van der Waals surface area (Å²) in [5.74, 6) is 1.95. The van der Waals surface area contributed by atoms with E-state index < -0.39 is 0 Å². The van der Waals surface area contributed by atoms with Crippen molar-refractivity contribution >= 4 is 15.9 Å². The summed E-state index contributed by atoms with van der Waals surface area (Å²) in [6.07, 6.45) is 6.30. The molecule has 2 aliphatic carbocycles. The summed E-state index contributed by atoms with van der Waals surface area (Å²) in [7, 11) is 0. The molecule has 2 nitrogen and oxygen atoms in total. The van der Waals surface area contributed by atoms with Crippen molar-refractivity contribution in [3.63, 3.8) is 0 Å². The number of halogens is 1. The van der Waals surface area contributed by atoms with E-state index in [1.807, 2.05) is 0 Å². The number of hydrogen-bond acceptors (Lipinski definition) is 2. The minimum absolute atomic E-state index is 0.372. The average molecular weight is 338 g/mol. The van der Waals surface area contributed by atoms with Crippen LogP contribution in [0, 0.1) is 11.8 Å². The maximum atomic E-state index is 9.36. The minimum atomic E-state index is 0.372. The van der Waals surface area contributed by atoms with Crippen molar-refractivity contribution < 1.29 is 5.11 Å². The molecule has 110 valence electrons. The van der Waals surface area contributed by atoms with Gasteiger partial charge in [0.05, 0.1) is 0 Å². The van der Waals surface area contributed by atoms with Gasteiger partial charge in [-0.3, -0.25) is 0 Å². The van der Waals surface area contributed by atoms with E-state index in [0.29, 0.717) is 30.4 Å². The monoisotopic (exact) mass is 337 g/mol. The standard InChI is InChI=1S/C17H24BrNO/c18-17-7-2-1-6-16(17)14-8-15(9-14)19-10-12-4-3-5-13(12)11-20/h1-2,6-7,12-15,19-20H,3-5,8-11H2. The van der Waals surface area contributed by atoms with E-state index in [0.717, 1.165) is 6.54 Å². The van der Waals surface area contributed by atoms with Crippen molar-refractivity contribution in [2.24, 2.45) is 11.8 Å². The van der Waals surface area contributed by atoms with E-state index in [-0.39, 0.29) is 0 Å². The molecule has 0 aromatic heterocycles. The molecule has 20 heavy (non-hydrogen) atoms. The molecule has 2 saturated carbocycles. The van der Waals surface area contributed by atoms with Crippen molar-refractivity contribution in [2.75, 3.05) is 13.2 Å². The molecule has 0 amide bonds. The van der Waals surface area contributed by atoms with Crippen molar-refractivity contribution in [3.05, 3.63) is 34.3 Å².